The van der Waals surface area contributed by atoms with Gasteiger partial charge in [-0.25, -0.2) is 0 Å². The number of nitrogens with one attached hydrogen (secondary N) is 1. The van der Waals surface area contributed by atoms with Crippen LogP contribution in [0.15, 0.2) is 24.3 Å². The summed E-state index contributed by atoms with van der Waals surface area (Å²) < 4.78 is 11.0. The normalized spacial score (nSPS) is 15.2. The lowest BCUT2D eigenvalue weighted by atomic mass is 10.3. The van der Waals surface area contributed by atoms with E-state index in [0.29, 0.717) is 18.0 Å². The van der Waals surface area contributed by atoms with Crippen LogP contribution in [0.1, 0.15) is 6.42 Å². The number of benzene rings is 1. The van der Waals surface area contributed by atoms with Gasteiger partial charge < -0.3 is 14.8 Å². The molecule has 0 aromatic heterocycles. The number of carbonyl (C=O) groups excluding carboxylic acids is 1. The number of amides is 1. The Labute approximate surface area is 124 Å². The van der Waals surface area contributed by atoms with Gasteiger partial charge in [0.15, 0.2) is 0 Å². The first-order valence-corrected chi connectivity index (χ1v) is 6.98. The maximum absolute atomic E-state index is 11.5. The molecule has 1 aliphatic heterocycles. The van der Waals surface area contributed by atoms with Crippen LogP contribution < -0.4 is 10.1 Å². The number of nitriles is 1. The smallest absolute Gasteiger partial charge is 0.238 e. The number of nitrogens with zero attached hydrogens (tertiary/aromatic N) is 2. The molecule has 1 aromatic rings. The highest BCUT2D eigenvalue weighted by Crippen LogP contribution is 2.23. The first-order chi connectivity index (χ1) is 10.3. The lowest BCUT2D eigenvalue weighted by molar-refractivity contribution is -0.115. The Bertz CT molecular complexity index is 507. The van der Waals surface area contributed by atoms with Gasteiger partial charge in [-0.05, 0) is 12.1 Å². The van der Waals surface area contributed by atoms with Gasteiger partial charge in [0.05, 0.1) is 25.0 Å². The minimum absolute atomic E-state index is 0.165. The Morgan fingerprint density at radius 2 is 2.14 bits per heavy atom. The van der Waals surface area contributed by atoms with E-state index in [0.717, 1.165) is 32.8 Å². The van der Waals surface area contributed by atoms with Crippen molar-refractivity contribution in [2.45, 2.75) is 6.42 Å². The molecule has 21 heavy (non-hydrogen) atoms. The van der Waals surface area contributed by atoms with Gasteiger partial charge >= 0.3 is 0 Å². The van der Waals surface area contributed by atoms with Crippen molar-refractivity contribution in [3.05, 3.63) is 24.3 Å². The van der Waals surface area contributed by atoms with Gasteiger partial charge in [-0.15, -0.1) is 0 Å². The molecule has 0 saturated carbocycles. The van der Waals surface area contributed by atoms with Crippen LogP contribution in [0.2, 0.25) is 0 Å². The van der Waals surface area contributed by atoms with Gasteiger partial charge in [0.25, 0.3) is 0 Å². The lowest BCUT2D eigenvalue weighted by Crippen LogP contribution is -2.38. The van der Waals surface area contributed by atoms with E-state index in [1.807, 2.05) is 18.2 Å². The van der Waals surface area contributed by atoms with Crippen molar-refractivity contribution in [3.8, 4) is 11.8 Å². The minimum Gasteiger partial charge on any atom is -0.490 e. The molecule has 1 N–H and O–H groups in total. The zero-order valence-electron chi connectivity index (χ0n) is 11.9. The second-order valence-corrected chi connectivity index (χ2v) is 4.68. The fourth-order valence-electron chi connectivity index (χ4n) is 2.07. The Balaban J connectivity index is 1.84. The average Bonchev–Trinajstić information content (AvgIpc) is 2.50. The van der Waals surface area contributed by atoms with Crippen LogP contribution in [0.3, 0.4) is 0 Å². The highest BCUT2D eigenvalue weighted by molar-refractivity contribution is 5.93. The summed E-state index contributed by atoms with van der Waals surface area (Å²) in [6.45, 7) is 4.74. The summed E-state index contributed by atoms with van der Waals surface area (Å²) in [5, 5.41) is 11.2. The molecule has 1 fully saturated rings. The molecule has 1 amide bonds. The highest BCUT2D eigenvalue weighted by Gasteiger charge is 2.11. The number of ether oxygens (including phenoxy) is 2. The summed E-state index contributed by atoms with van der Waals surface area (Å²) >= 11 is 0. The van der Waals surface area contributed by atoms with Gasteiger partial charge in [-0.2, -0.15) is 5.26 Å². The summed E-state index contributed by atoms with van der Waals surface area (Å²) in [6.07, 6.45) is -0.165. The number of anilines is 1. The highest BCUT2D eigenvalue weighted by atomic mass is 16.5. The molecule has 6 nitrogen and oxygen atoms in total. The van der Waals surface area contributed by atoms with Crippen molar-refractivity contribution in [2.75, 3.05) is 44.8 Å². The third-order valence-electron chi connectivity index (χ3n) is 3.17. The number of carbonyl (C=O) groups is 1. The van der Waals surface area contributed by atoms with E-state index in [4.69, 9.17) is 14.7 Å². The monoisotopic (exact) mass is 289 g/mol. The maximum Gasteiger partial charge on any atom is 0.238 e. The van der Waals surface area contributed by atoms with E-state index in [-0.39, 0.29) is 12.3 Å². The van der Waals surface area contributed by atoms with Crippen LogP contribution in [0.5, 0.6) is 5.75 Å². The van der Waals surface area contributed by atoms with E-state index in [1.54, 1.807) is 12.1 Å². The molecule has 6 heteroatoms. The first kappa shape index (κ1) is 15.3. The van der Waals surface area contributed by atoms with Crippen LogP contribution in [-0.2, 0) is 9.53 Å². The van der Waals surface area contributed by atoms with Crippen LogP contribution in [0, 0.1) is 11.3 Å². The van der Waals surface area contributed by atoms with E-state index < -0.39 is 0 Å². The van der Waals surface area contributed by atoms with Gasteiger partial charge in [0, 0.05) is 19.6 Å². The van der Waals surface area contributed by atoms with Crippen molar-refractivity contribution in [1.82, 2.24) is 4.90 Å². The van der Waals surface area contributed by atoms with E-state index in [1.165, 1.54) is 0 Å². The molecule has 0 spiro atoms. The van der Waals surface area contributed by atoms with Gasteiger partial charge in [-0.1, -0.05) is 12.1 Å². The molecule has 1 aromatic carbocycles. The fourth-order valence-corrected chi connectivity index (χ4v) is 2.07. The SMILES string of the molecule is N#CCC(=O)Nc1ccccc1OCCN1CCOCC1. The van der Waals surface area contributed by atoms with Crippen LogP contribution in [0.25, 0.3) is 0 Å². The van der Waals surface area contributed by atoms with Crippen molar-refractivity contribution < 1.29 is 14.3 Å². The zero-order chi connectivity index (χ0) is 14.9. The predicted molar refractivity (Wildman–Crippen MR) is 78.1 cm³/mol. The number of hydrogen-bond acceptors (Lipinski definition) is 5. The van der Waals surface area contributed by atoms with Crippen molar-refractivity contribution in [3.63, 3.8) is 0 Å². The number of hydrogen-bond donors (Lipinski definition) is 1. The molecule has 1 heterocycles. The van der Waals surface area contributed by atoms with E-state index in [9.17, 15) is 4.79 Å². The molecule has 0 unspecified atom stereocenters. The molecule has 0 atom stereocenters. The van der Waals surface area contributed by atoms with E-state index >= 15 is 0 Å². The fraction of sp³-hybridized carbons (Fsp3) is 0.467. The number of para-hydroxylation sites is 2. The largest absolute Gasteiger partial charge is 0.490 e. The third kappa shape index (κ3) is 5.06. The number of morpholine rings is 1. The van der Waals surface area contributed by atoms with Crippen LogP contribution >= 0.6 is 0 Å². The Kier molecular flexibility index (Phi) is 6.00. The van der Waals surface area contributed by atoms with Gasteiger partial charge in [0.1, 0.15) is 18.8 Å². The van der Waals surface area contributed by atoms with Crippen LogP contribution in [-0.4, -0.2) is 50.3 Å². The number of rotatable bonds is 6. The lowest BCUT2D eigenvalue weighted by Gasteiger charge is -2.26. The van der Waals surface area contributed by atoms with Crippen LogP contribution in [0.4, 0.5) is 5.69 Å². The topological polar surface area (TPSA) is 74.6 Å². The molecular weight excluding hydrogens is 270 g/mol. The molecule has 112 valence electrons. The van der Waals surface area contributed by atoms with E-state index in [2.05, 4.69) is 10.2 Å². The van der Waals surface area contributed by atoms with Gasteiger partial charge in [0.2, 0.25) is 5.91 Å². The Morgan fingerprint density at radius 3 is 2.90 bits per heavy atom. The minimum atomic E-state index is -0.332. The second kappa shape index (κ2) is 8.25. The standard InChI is InChI=1S/C15H19N3O3/c16-6-5-15(19)17-13-3-1-2-4-14(13)21-12-9-18-7-10-20-11-8-18/h1-4H,5,7-12H2,(H,17,19). The summed E-state index contributed by atoms with van der Waals surface area (Å²) in [7, 11) is 0. The quantitative estimate of drug-likeness (QED) is 0.853. The summed E-state index contributed by atoms with van der Waals surface area (Å²) in [4.78, 5) is 13.8. The molecule has 0 bridgehead atoms. The molecule has 2 rings (SSSR count). The second-order valence-electron chi connectivity index (χ2n) is 4.68. The zero-order valence-corrected chi connectivity index (χ0v) is 11.9. The molecule has 1 saturated heterocycles. The maximum atomic E-state index is 11.5. The first-order valence-electron chi connectivity index (χ1n) is 6.98. The molecular formula is C15H19N3O3. The Morgan fingerprint density at radius 1 is 1.38 bits per heavy atom. The van der Waals surface area contributed by atoms with Crippen molar-refractivity contribution in [2.24, 2.45) is 0 Å². The van der Waals surface area contributed by atoms with Crippen molar-refractivity contribution >= 4 is 11.6 Å². The third-order valence-corrected chi connectivity index (χ3v) is 3.17. The molecule has 1 aliphatic rings. The van der Waals surface area contributed by atoms with Crippen molar-refractivity contribution in [1.29, 1.82) is 5.26 Å². The average molecular weight is 289 g/mol. The molecule has 0 aliphatic carbocycles. The summed E-state index contributed by atoms with van der Waals surface area (Å²) in [5.74, 6) is 0.291. The predicted octanol–water partition coefficient (Wildman–Crippen LogP) is 1.25. The Hall–Kier alpha value is -2.10. The van der Waals surface area contributed by atoms with Gasteiger partial charge in [-0.3, -0.25) is 9.69 Å². The summed E-state index contributed by atoms with van der Waals surface area (Å²) in [6, 6.07) is 9.06. The molecule has 0 radical (unpaired) electrons. The summed E-state index contributed by atoms with van der Waals surface area (Å²) in [5.41, 5.74) is 0.597.